The Labute approximate surface area is 65.5 Å². The summed E-state index contributed by atoms with van der Waals surface area (Å²) in [6, 6.07) is 0. The summed E-state index contributed by atoms with van der Waals surface area (Å²) in [5, 5.41) is 2.73. The van der Waals surface area contributed by atoms with Crippen molar-refractivity contribution in [1.82, 2.24) is 5.32 Å². The van der Waals surface area contributed by atoms with Gasteiger partial charge in [0.25, 0.3) is 0 Å². The van der Waals surface area contributed by atoms with E-state index in [2.05, 4.69) is 5.32 Å². The maximum absolute atomic E-state index is 10.8. The van der Waals surface area contributed by atoms with E-state index < -0.39 is 0 Å². The maximum atomic E-state index is 10.8. The largest absolute Gasteiger partial charge is 0.356 e. The lowest BCUT2D eigenvalue weighted by molar-refractivity contribution is -0.123. The molecule has 3 heteroatoms. The van der Waals surface area contributed by atoms with E-state index in [-0.39, 0.29) is 11.8 Å². The van der Waals surface area contributed by atoms with Gasteiger partial charge in [-0.05, 0) is 18.4 Å². The van der Waals surface area contributed by atoms with Crippen molar-refractivity contribution in [3.63, 3.8) is 0 Å². The molecule has 11 heavy (non-hydrogen) atoms. The van der Waals surface area contributed by atoms with E-state index in [0.29, 0.717) is 6.42 Å². The van der Waals surface area contributed by atoms with E-state index in [0.717, 1.165) is 19.3 Å². The van der Waals surface area contributed by atoms with E-state index in [1.165, 1.54) is 6.08 Å². The van der Waals surface area contributed by atoms with Gasteiger partial charge >= 0.3 is 0 Å². The summed E-state index contributed by atoms with van der Waals surface area (Å²) in [6.07, 6.45) is 5.46. The zero-order chi connectivity index (χ0) is 8.10. The summed E-state index contributed by atoms with van der Waals surface area (Å²) in [5.41, 5.74) is 0. The molecule has 0 radical (unpaired) electrons. The molecule has 0 spiro atoms. The Balaban J connectivity index is 2.39. The minimum Gasteiger partial charge on any atom is -0.356 e. The highest BCUT2D eigenvalue weighted by molar-refractivity contribution is 5.77. The van der Waals surface area contributed by atoms with Gasteiger partial charge in [0.05, 0.1) is 0 Å². The molecule has 0 bridgehead atoms. The third kappa shape index (κ3) is 2.53. The number of carbonyl (C=O) groups excluding carboxylic acids is 2. The van der Waals surface area contributed by atoms with E-state index in [1.807, 2.05) is 0 Å². The Morgan fingerprint density at radius 2 is 2.36 bits per heavy atom. The molecule has 1 aliphatic heterocycles. The van der Waals surface area contributed by atoms with Gasteiger partial charge in [0.1, 0.15) is 6.29 Å². The molecule has 1 amide bonds. The fraction of sp³-hybridized carbons (Fsp3) is 0.500. The van der Waals surface area contributed by atoms with Crippen molar-refractivity contribution < 1.29 is 9.59 Å². The highest BCUT2D eigenvalue weighted by Gasteiger charge is 2.15. The highest BCUT2D eigenvalue weighted by Crippen LogP contribution is 2.12. The van der Waals surface area contributed by atoms with Crippen molar-refractivity contribution in [1.29, 1.82) is 0 Å². The predicted molar refractivity (Wildman–Crippen MR) is 40.9 cm³/mol. The molecule has 1 rings (SSSR count). The summed E-state index contributed by atoms with van der Waals surface area (Å²) >= 11 is 0. The van der Waals surface area contributed by atoms with Crippen molar-refractivity contribution in [3.8, 4) is 0 Å². The summed E-state index contributed by atoms with van der Waals surface area (Å²) in [7, 11) is 0. The summed E-state index contributed by atoms with van der Waals surface area (Å²) in [5.74, 6) is 0.339. The van der Waals surface area contributed by atoms with Crippen LogP contribution in [0.4, 0.5) is 0 Å². The minimum atomic E-state index is 0.0804. The molecule has 0 aromatic heterocycles. The molecule has 3 nitrogen and oxygen atoms in total. The zero-order valence-electron chi connectivity index (χ0n) is 6.25. The van der Waals surface area contributed by atoms with E-state index >= 15 is 0 Å². The average Bonchev–Trinajstić information content (AvgIpc) is 2.01. The summed E-state index contributed by atoms with van der Waals surface area (Å²) in [6.45, 7) is 0.729. The van der Waals surface area contributed by atoms with Crippen LogP contribution in [-0.4, -0.2) is 18.7 Å². The van der Waals surface area contributed by atoms with Crippen LogP contribution in [0.25, 0.3) is 0 Å². The molecule has 1 atom stereocenters. The lowest BCUT2D eigenvalue weighted by Crippen LogP contribution is -2.32. The lowest BCUT2D eigenvalue weighted by Gasteiger charge is -2.18. The van der Waals surface area contributed by atoms with Crippen LogP contribution >= 0.6 is 0 Å². The summed E-state index contributed by atoms with van der Waals surface area (Å²) < 4.78 is 0. The van der Waals surface area contributed by atoms with Crippen LogP contribution in [-0.2, 0) is 9.59 Å². The second-order valence-corrected chi connectivity index (χ2v) is 2.62. The molecule has 1 heterocycles. The van der Waals surface area contributed by atoms with Gasteiger partial charge in [-0.3, -0.25) is 9.59 Å². The molecule has 0 saturated carbocycles. The monoisotopic (exact) mass is 153 g/mol. The molecular weight excluding hydrogens is 142 g/mol. The van der Waals surface area contributed by atoms with Crippen LogP contribution in [0.1, 0.15) is 12.8 Å². The van der Waals surface area contributed by atoms with E-state index in [1.54, 1.807) is 6.08 Å². The van der Waals surface area contributed by atoms with Crippen molar-refractivity contribution in [2.75, 3.05) is 6.54 Å². The molecular formula is C8H11NO2. The Bertz CT molecular complexity index is 187. The Morgan fingerprint density at radius 3 is 3.00 bits per heavy atom. The van der Waals surface area contributed by atoms with Crippen LogP contribution in [0.15, 0.2) is 12.2 Å². The topological polar surface area (TPSA) is 46.2 Å². The number of hydrogen-bond acceptors (Lipinski definition) is 2. The van der Waals surface area contributed by atoms with Crippen LogP contribution in [0.5, 0.6) is 0 Å². The summed E-state index contributed by atoms with van der Waals surface area (Å²) in [4.78, 5) is 20.7. The number of allylic oxidation sites excluding steroid dienone is 2. The molecule has 1 N–H and O–H groups in total. The molecule has 1 fully saturated rings. The molecule has 0 unspecified atom stereocenters. The average molecular weight is 153 g/mol. The van der Waals surface area contributed by atoms with Gasteiger partial charge in [-0.15, -0.1) is 0 Å². The second kappa shape index (κ2) is 3.91. The standard InChI is InChI=1S/C8H11NO2/c10-5-1-2-7-3-4-9-8(11)6-7/h1-2,5,7H,3-4,6H2,(H,9,11)/b2-1+/t7-/m1/s1. The van der Waals surface area contributed by atoms with Crippen molar-refractivity contribution in [2.24, 2.45) is 5.92 Å². The van der Waals surface area contributed by atoms with Crippen molar-refractivity contribution in [3.05, 3.63) is 12.2 Å². The lowest BCUT2D eigenvalue weighted by atomic mass is 9.97. The number of rotatable bonds is 2. The number of nitrogens with one attached hydrogen (secondary N) is 1. The number of aldehydes is 1. The van der Waals surface area contributed by atoms with Gasteiger partial charge in [0, 0.05) is 13.0 Å². The highest BCUT2D eigenvalue weighted by atomic mass is 16.1. The number of hydrogen-bond donors (Lipinski definition) is 1. The molecule has 0 aromatic rings. The van der Waals surface area contributed by atoms with Gasteiger partial charge < -0.3 is 5.32 Å². The first-order valence-electron chi connectivity index (χ1n) is 3.71. The van der Waals surface area contributed by atoms with Crippen LogP contribution < -0.4 is 5.32 Å². The predicted octanol–water partition coefficient (Wildman–Crippen LogP) is 0.268. The number of piperidine rings is 1. The molecule has 1 aliphatic rings. The molecule has 60 valence electrons. The number of amides is 1. The van der Waals surface area contributed by atoms with Crippen LogP contribution in [0.3, 0.4) is 0 Å². The second-order valence-electron chi connectivity index (χ2n) is 2.62. The fourth-order valence-corrected chi connectivity index (χ4v) is 1.18. The van der Waals surface area contributed by atoms with Gasteiger partial charge in [-0.25, -0.2) is 0 Å². The normalized spacial score (nSPS) is 25.1. The molecule has 1 saturated heterocycles. The van der Waals surface area contributed by atoms with Crippen molar-refractivity contribution >= 4 is 12.2 Å². The molecule has 0 aromatic carbocycles. The smallest absolute Gasteiger partial charge is 0.220 e. The first-order valence-corrected chi connectivity index (χ1v) is 3.71. The first-order chi connectivity index (χ1) is 5.33. The van der Waals surface area contributed by atoms with Gasteiger partial charge in [-0.1, -0.05) is 6.08 Å². The third-order valence-electron chi connectivity index (χ3n) is 1.75. The third-order valence-corrected chi connectivity index (χ3v) is 1.75. The van der Waals surface area contributed by atoms with Gasteiger partial charge in [0.2, 0.25) is 5.91 Å². The fourth-order valence-electron chi connectivity index (χ4n) is 1.18. The van der Waals surface area contributed by atoms with E-state index in [9.17, 15) is 9.59 Å². The van der Waals surface area contributed by atoms with Gasteiger partial charge in [-0.2, -0.15) is 0 Å². The Hall–Kier alpha value is -1.12. The van der Waals surface area contributed by atoms with Crippen LogP contribution in [0, 0.1) is 5.92 Å². The Morgan fingerprint density at radius 1 is 1.55 bits per heavy atom. The van der Waals surface area contributed by atoms with E-state index in [4.69, 9.17) is 0 Å². The van der Waals surface area contributed by atoms with Gasteiger partial charge in [0.15, 0.2) is 0 Å². The maximum Gasteiger partial charge on any atom is 0.220 e. The van der Waals surface area contributed by atoms with Crippen LogP contribution in [0.2, 0.25) is 0 Å². The Kier molecular flexibility index (Phi) is 2.83. The first kappa shape index (κ1) is 7.98. The quantitative estimate of drug-likeness (QED) is 0.457. The SMILES string of the molecule is O=C/C=C/[C@@H]1CCNC(=O)C1. The molecule has 0 aliphatic carbocycles. The zero-order valence-corrected chi connectivity index (χ0v) is 6.25. The minimum absolute atomic E-state index is 0.0804. The van der Waals surface area contributed by atoms with Crippen molar-refractivity contribution in [2.45, 2.75) is 12.8 Å². The number of carbonyl (C=O) groups is 2.